The predicted molar refractivity (Wildman–Crippen MR) is 52.7 cm³/mol. The summed E-state index contributed by atoms with van der Waals surface area (Å²) in [6, 6.07) is 0.245. The minimum Gasteiger partial charge on any atom is -0.476 e. The quantitative estimate of drug-likeness (QED) is 0.757. The maximum atomic E-state index is 10.6. The molecule has 0 unspecified atom stereocenters. The van der Waals surface area contributed by atoms with Gasteiger partial charge < -0.3 is 10.0 Å². The highest BCUT2D eigenvalue weighted by Crippen LogP contribution is 2.19. The first-order chi connectivity index (χ1) is 7.16. The van der Waals surface area contributed by atoms with E-state index in [1.165, 1.54) is 11.0 Å². The highest BCUT2D eigenvalue weighted by molar-refractivity contribution is 5.84. The summed E-state index contributed by atoms with van der Waals surface area (Å²) >= 11 is 0. The summed E-state index contributed by atoms with van der Waals surface area (Å²) in [5, 5.41) is 16.7. The molecule has 2 heterocycles. The van der Waals surface area contributed by atoms with Gasteiger partial charge in [0.15, 0.2) is 5.69 Å². The van der Waals surface area contributed by atoms with Crippen LogP contribution in [0.4, 0.5) is 0 Å². The fraction of sp³-hybridized carbons (Fsp3) is 0.667. The van der Waals surface area contributed by atoms with E-state index < -0.39 is 5.97 Å². The molecule has 15 heavy (non-hydrogen) atoms. The number of nitrogens with zero attached hydrogens (tertiary/aromatic N) is 4. The Labute approximate surface area is 87.5 Å². The topological polar surface area (TPSA) is 71.2 Å². The van der Waals surface area contributed by atoms with Crippen LogP contribution in [0.2, 0.25) is 0 Å². The zero-order chi connectivity index (χ0) is 10.8. The summed E-state index contributed by atoms with van der Waals surface area (Å²) in [4.78, 5) is 14.4. The molecule has 2 rings (SSSR count). The molecule has 0 spiro atoms. The lowest BCUT2D eigenvalue weighted by Crippen LogP contribution is -2.32. The average Bonchev–Trinajstić information content (AvgIpc) is 2.68. The van der Waals surface area contributed by atoms with Crippen LogP contribution >= 0.6 is 0 Å². The molecule has 0 aliphatic carbocycles. The number of piperidine rings is 1. The third kappa shape index (κ3) is 2.15. The first-order valence-electron chi connectivity index (χ1n) is 5.00. The van der Waals surface area contributed by atoms with Gasteiger partial charge in [0.25, 0.3) is 0 Å². The van der Waals surface area contributed by atoms with Gasteiger partial charge in [-0.15, -0.1) is 5.10 Å². The van der Waals surface area contributed by atoms with E-state index >= 15 is 0 Å². The van der Waals surface area contributed by atoms with Crippen LogP contribution in [0.15, 0.2) is 6.20 Å². The second-order valence-corrected chi connectivity index (χ2v) is 3.89. The van der Waals surface area contributed by atoms with Crippen LogP contribution in [0.5, 0.6) is 0 Å². The molecule has 0 saturated carbocycles. The zero-order valence-corrected chi connectivity index (χ0v) is 8.63. The monoisotopic (exact) mass is 210 g/mol. The summed E-state index contributed by atoms with van der Waals surface area (Å²) in [6.07, 6.45) is 3.26. The van der Waals surface area contributed by atoms with Crippen LogP contribution in [0, 0.1) is 0 Å². The Balaban J connectivity index is 2.06. The maximum Gasteiger partial charge on any atom is 0.358 e. The molecule has 0 bridgehead atoms. The second kappa shape index (κ2) is 3.98. The van der Waals surface area contributed by atoms with Gasteiger partial charge in [-0.25, -0.2) is 4.79 Å². The van der Waals surface area contributed by atoms with Gasteiger partial charge in [0.05, 0.1) is 12.2 Å². The molecule has 1 saturated heterocycles. The van der Waals surface area contributed by atoms with Gasteiger partial charge >= 0.3 is 5.97 Å². The summed E-state index contributed by atoms with van der Waals surface area (Å²) in [5.41, 5.74) is 0.0222. The minimum atomic E-state index is -1.02. The Bertz CT molecular complexity index is 355. The standard InChI is InChI=1S/C9H14N4O2/c1-12-4-2-7(3-5-12)13-10-6-8(11-13)9(14)15/h6-7H,2-5H2,1H3,(H,14,15). The molecule has 0 atom stereocenters. The first-order valence-corrected chi connectivity index (χ1v) is 5.00. The van der Waals surface area contributed by atoms with Gasteiger partial charge in [0.2, 0.25) is 0 Å². The van der Waals surface area contributed by atoms with Crippen LogP contribution in [0.25, 0.3) is 0 Å². The van der Waals surface area contributed by atoms with E-state index in [2.05, 4.69) is 22.1 Å². The lowest BCUT2D eigenvalue weighted by Gasteiger charge is -2.27. The van der Waals surface area contributed by atoms with Crippen molar-refractivity contribution in [2.75, 3.05) is 20.1 Å². The molecule has 0 aromatic carbocycles. The van der Waals surface area contributed by atoms with E-state index in [1.54, 1.807) is 0 Å². The molecule has 1 aromatic rings. The molecule has 82 valence electrons. The van der Waals surface area contributed by atoms with Crippen LogP contribution in [-0.4, -0.2) is 51.1 Å². The number of hydrogen-bond acceptors (Lipinski definition) is 4. The number of carboxylic acids is 1. The van der Waals surface area contributed by atoms with Gasteiger partial charge in [-0.05, 0) is 33.0 Å². The van der Waals surface area contributed by atoms with Crippen molar-refractivity contribution in [3.05, 3.63) is 11.9 Å². The average molecular weight is 210 g/mol. The molecule has 1 aromatic heterocycles. The SMILES string of the molecule is CN1CCC(n2ncc(C(=O)O)n2)CC1. The van der Waals surface area contributed by atoms with Crippen molar-refractivity contribution in [3.63, 3.8) is 0 Å². The van der Waals surface area contributed by atoms with Gasteiger partial charge in [-0.3, -0.25) is 0 Å². The molecule has 0 amide bonds. The summed E-state index contributed by atoms with van der Waals surface area (Å²) in [7, 11) is 2.08. The molecular weight excluding hydrogens is 196 g/mol. The lowest BCUT2D eigenvalue weighted by atomic mass is 10.1. The van der Waals surface area contributed by atoms with Crippen molar-refractivity contribution in [3.8, 4) is 0 Å². The number of aromatic carboxylic acids is 1. The van der Waals surface area contributed by atoms with Crippen molar-refractivity contribution < 1.29 is 9.90 Å². The van der Waals surface area contributed by atoms with Crippen LogP contribution in [0.3, 0.4) is 0 Å². The van der Waals surface area contributed by atoms with Crippen LogP contribution in [-0.2, 0) is 0 Å². The number of hydrogen-bond donors (Lipinski definition) is 1. The summed E-state index contributed by atoms with van der Waals surface area (Å²) in [6.45, 7) is 2.02. The number of rotatable bonds is 2. The second-order valence-electron chi connectivity index (χ2n) is 3.89. The fourth-order valence-corrected chi connectivity index (χ4v) is 1.78. The largest absolute Gasteiger partial charge is 0.476 e. The van der Waals surface area contributed by atoms with Gasteiger partial charge in [-0.1, -0.05) is 0 Å². The highest BCUT2D eigenvalue weighted by atomic mass is 16.4. The van der Waals surface area contributed by atoms with E-state index in [0.29, 0.717) is 0 Å². The zero-order valence-electron chi connectivity index (χ0n) is 8.63. The first kappa shape index (κ1) is 10.1. The Kier molecular flexibility index (Phi) is 2.68. The third-order valence-electron chi connectivity index (χ3n) is 2.74. The lowest BCUT2D eigenvalue weighted by molar-refractivity contribution is 0.0688. The van der Waals surface area contributed by atoms with Crippen molar-refractivity contribution in [1.29, 1.82) is 0 Å². The normalized spacial score (nSPS) is 19.3. The number of carbonyl (C=O) groups is 1. The maximum absolute atomic E-state index is 10.6. The van der Waals surface area contributed by atoms with Crippen molar-refractivity contribution in [1.82, 2.24) is 19.9 Å². The van der Waals surface area contributed by atoms with E-state index in [1.807, 2.05) is 0 Å². The van der Waals surface area contributed by atoms with Crippen LogP contribution < -0.4 is 0 Å². The molecule has 1 aliphatic heterocycles. The smallest absolute Gasteiger partial charge is 0.358 e. The third-order valence-corrected chi connectivity index (χ3v) is 2.74. The highest BCUT2D eigenvalue weighted by Gasteiger charge is 2.20. The molecule has 1 fully saturated rings. The molecule has 0 radical (unpaired) electrons. The molecular formula is C9H14N4O2. The van der Waals surface area contributed by atoms with Gasteiger partial charge in [0.1, 0.15) is 0 Å². The minimum absolute atomic E-state index is 0.0222. The molecule has 1 N–H and O–H groups in total. The predicted octanol–water partition coefficient (Wildman–Crippen LogP) is 0.243. The van der Waals surface area contributed by atoms with Crippen molar-refractivity contribution >= 4 is 5.97 Å². The van der Waals surface area contributed by atoms with Crippen molar-refractivity contribution in [2.24, 2.45) is 0 Å². The summed E-state index contributed by atoms with van der Waals surface area (Å²) < 4.78 is 0. The Morgan fingerprint density at radius 3 is 2.73 bits per heavy atom. The molecule has 6 nitrogen and oxygen atoms in total. The van der Waals surface area contributed by atoms with E-state index in [9.17, 15) is 4.79 Å². The Morgan fingerprint density at radius 2 is 2.20 bits per heavy atom. The fourth-order valence-electron chi connectivity index (χ4n) is 1.78. The van der Waals surface area contributed by atoms with Crippen molar-refractivity contribution in [2.45, 2.75) is 18.9 Å². The molecule has 6 heteroatoms. The van der Waals surface area contributed by atoms with Gasteiger partial charge in [0, 0.05) is 0 Å². The Hall–Kier alpha value is -1.43. The number of likely N-dealkylation sites (tertiary alicyclic amines) is 1. The number of aromatic nitrogens is 3. The molecule has 1 aliphatic rings. The van der Waals surface area contributed by atoms with Gasteiger partial charge in [-0.2, -0.15) is 9.90 Å². The van der Waals surface area contributed by atoms with Crippen LogP contribution in [0.1, 0.15) is 29.4 Å². The number of carboxylic acid groups (broad SMARTS) is 1. The Morgan fingerprint density at radius 1 is 1.53 bits per heavy atom. The summed E-state index contributed by atoms with van der Waals surface area (Å²) in [5.74, 6) is -1.02. The van der Waals surface area contributed by atoms with E-state index in [0.717, 1.165) is 25.9 Å². The van der Waals surface area contributed by atoms with E-state index in [-0.39, 0.29) is 11.7 Å². The van der Waals surface area contributed by atoms with E-state index in [4.69, 9.17) is 5.11 Å².